The first-order valence-corrected chi connectivity index (χ1v) is 7.37. The molecule has 0 aliphatic rings. The Hall–Kier alpha value is -1.63. The number of hydrogen-bond acceptors (Lipinski definition) is 3. The van der Waals surface area contributed by atoms with Crippen molar-refractivity contribution in [2.45, 2.75) is 13.5 Å². The normalized spacial score (nSPS) is 10.3. The average Bonchev–Trinajstić information content (AvgIpc) is 2.47. The van der Waals surface area contributed by atoms with Crippen molar-refractivity contribution in [1.82, 2.24) is 9.88 Å². The molecular weight excluding hydrogens is 367 g/mol. The second-order valence-corrected chi connectivity index (χ2v) is 5.55. The lowest BCUT2D eigenvalue weighted by Gasteiger charge is -2.21. The second-order valence-electron chi connectivity index (χ2n) is 4.30. The number of halogens is 1. The maximum atomic E-state index is 12.5. The van der Waals surface area contributed by atoms with E-state index in [0.717, 1.165) is 9.26 Å². The number of amides is 1. The summed E-state index contributed by atoms with van der Waals surface area (Å²) in [6.45, 7) is 2.90. The molecular formula is C15H15IN2O2. The second kappa shape index (κ2) is 6.69. The predicted molar refractivity (Wildman–Crippen MR) is 85.5 cm³/mol. The summed E-state index contributed by atoms with van der Waals surface area (Å²) in [7, 11) is 0. The van der Waals surface area contributed by atoms with Crippen LogP contribution in [0.4, 0.5) is 0 Å². The van der Waals surface area contributed by atoms with Crippen LogP contribution >= 0.6 is 22.6 Å². The molecule has 104 valence electrons. The maximum Gasteiger partial charge on any atom is 0.257 e. The van der Waals surface area contributed by atoms with Crippen LogP contribution in [0.2, 0.25) is 0 Å². The van der Waals surface area contributed by atoms with Crippen LogP contribution in [0.5, 0.6) is 5.75 Å². The molecule has 5 heteroatoms. The standard InChI is InChI=1S/C15H15IN2O2/c1-2-18(10-12-5-3-4-8-17-12)15(20)13-9-11(16)6-7-14(13)19/h3-9,19H,2,10H2,1H3. The number of pyridine rings is 1. The number of carbonyl (C=O) groups is 1. The third-order valence-corrected chi connectivity index (χ3v) is 3.61. The third-order valence-electron chi connectivity index (χ3n) is 2.94. The lowest BCUT2D eigenvalue weighted by Crippen LogP contribution is -2.30. The lowest BCUT2D eigenvalue weighted by molar-refractivity contribution is 0.0747. The fraction of sp³-hybridized carbons (Fsp3) is 0.200. The highest BCUT2D eigenvalue weighted by Gasteiger charge is 2.18. The van der Waals surface area contributed by atoms with E-state index < -0.39 is 0 Å². The summed E-state index contributed by atoms with van der Waals surface area (Å²) >= 11 is 2.12. The van der Waals surface area contributed by atoms with Gasteiger partial charge in [-0.1, -0.05) is 6.07 Å². The zero-order valence-corrected chi connectivity index (χ0v) is 13.2. The van der Waals surface area contributed by atoms with Gasteiger partial charge in [0.2, 0.25) is 0 Å². The van der Waals surface area contributed by atoms with Crippen LogP contribution in [0, 0.1) is 3.57 Å². The molecule has 1 heterocycles. The SMILES string of the molecule is CCN(Cc1ccccn1)C(=O)c1cc(I)ccc1O. The van der Waals surface area contributed by atoms with Crippen LogP contribution in [0.1, 0.15) is 23.0 Å². The summed E-state index contributed by atoms with van der Waals surface area (Å²) in [5.41, 5.74) is 1.16. The number of phenolic OH excluding ortho intramolecular Hbond substituents is 1. The molecule has 0 fully saturated rings. The van der Waals surface area contributed by atoms with Gasteiger partial charge >= 0.3 is 0 Å². The molecule has 1 amide bonds. The zero-order chi connectivity index (χ0) is 14.5. The van der Waals surface area contributed by atoms with Crippen molar-refractivity contribution in [2.75, 3.05) is 6.54 Å². The molecule has 0 spiro atoms. The van der Waals surface area contributed by atoms with Gasteiger partial charge in [-0.2, -0.15) is 0 Å². The maximum absolute atomic E-state index is 12.5. The van der Waals surface area contributed by atoms with E-state index in [2.05, 4.69) is 27.6 Å². The molecule has 20 heavy (non-hydrogen) atoms. The fourth-order valence-corrected chi connectivity index (χ4v) is 2.36. The number of nitrogens with zero attached hydrogens (tertiary/aromatic N) is 2. The van der Waals surface area contributed by atoms with E-state index in [1.807, 2.05) is 25.1 Å². The predicted octanol–water partition coefficient (Wildman–Crippen LogP) is 3.05. The molecule has 1 aromatic carbocycles. The highest BCUT2D eigenvalue weighted by molar-refractivity contribution is 14.1. The Balaban J connectivity index is 2.23. The number of aromatic nitrogens is 1. The van der Waals surface area contributed by atoms with Crippen molar-refractivity contribution >= 4 is 28.5 Å². The van der Waals surface area contributed by atoms with Crippen molar-refractivity contribution in [3.63, 3.8) is 0 Å². The topological polar surface area (TPSA) is 53.4 Å². The van der Waals surface area contributed by atoms with Crippen molar-refractivity contribution in [3.05, 3.63) is 57.4 Å². The number of carbonyl (C=O) groups excluding carboxylic acids is 1. The van der Waals surface area contributed by atoms with Gasteiger partial charge in [-0.3, -0.25) is 9.78 Å². The van der Waals surface area contributed by atoms with Crippen molar-refractivity contribution in [1.29, 1.82) is 0 Å². The smallest absolute Gasteiger partial charge is 0.257 e. The van der Waals surface area contributed by atoms with E-state index in [1.54, 1.807) is 29.3 Å². The highest BCUT2D eigenvalue weighted by Crippen LogP contribution is 2.22. The summed E-state index contributed by atoms with van der Waals surface area (Å²) < 4.78 is 0.914. The first-order valence-electron chi connectivity index (χ1n) is 6.29. The van der Waals surface area contributed by atoms with Gasteiger partial charge < -0.3 is 10.0 Å². The molecule has 0 atom stereocenters. The summed E-state index contributed by atoms with van der Waals surface area (Å²) in [6, 6.07) is 10.6. The van der Waals surface area contributed by atoms with Gasteiger partial charge in [0.05, 0.1) is 17.8 Å². The summed E-state index contributed by atoms with van der Waals surface area (Å²) in [5, 5.41) is 9.85. The van der Waals surface area contributed by atoms with Crippen molar-refractivity contribution < 1.29 is 9.90 Å². The van der Waals surface area contributed by atoms with Crippen LogP contribution in [0.25, 0.3) is 0 Å². The van der Waals surface area contributed by atoms with Gasteiger partial charge in [0.15, 0.2) is 0 Å². The molecule has 4 nitrogen and oxygen atoms in total. The molecule has 0 saturated carbocycles. The van der Waals surface area contributed by atoms with E-state index in [4.69, 9.17) is 0 Å². The van der Waals surface area contributed by atoms with Gasteiger partial charge in [-0.25, -0.2) is 0 Å². The third kappa shape index (κ3) is 3.47. The first-order chi connectivity index (χ1) is 9.61. The molecule has 2 aromatic rings. The molecule has 0 unspecified atom stereocenters. The van der Waals surface area contributed by atoms with E-state index in [9.17, 15) is 9.90 Å². The van der Waals surface area contributed by atoms with E-state index >= 15 is 0 Å². The Kier molecular flexibility index (Phi) is 4.94. The van der Waals surface area contributed by atoms with Gasteiger partial charge in [0.1, 0.15) is 5.75 Å². The molecule has 0 radical (unpaired) electrons. The Morgan fingerprint density at radius 2 is 2.15 bits per heavy atom. The number of benzene rings is 1. The van der Waals surface area contributed by atoms with E-state index in [1.165, 1.54) is 0 Å². The Morgan fingerprint density at radius 3 is 2.80 bits per heavy atom. The largest absolute Gasteiger partial charge is 0.507 e. The van der Waals surface area contributed by atoms with Crippen LogP contribution in [0.15, 0.2) is 42.6 Å². The molecule has 0 bridgehead atoms. The fourth-order valence-electron chi connectivity index (χ4n) is 1.86. The zero-order valence-electron chi connectivity index (χ0n) is 11.1. The molecule has 1 N–H and O–H groups in total. The number of rotatable bonds is 4. The monoisotopic (exact) mass is 382 g/mol. The minimum atomic E-state index is -0.186. The van der Waals surface area contributed by atoms with Crippen molar-refractivity contribution in [2.24, 2.45) is 0 Å². The van der Waals surface area contributed by atoms with Crippen LogP contribution in [-0.2, 0) is 6.54 Å². The summed E-state index contributed by atoms with van der Waals surface area (Å²) in [4.78, 5) is 18.4. The molecule has 0 saturated heterocycles. The number of phenols is 1. The van der Waals surface area contributed by atoms with E-state index in [-0.39, 0.29) is 11.7 Å². The van der Waals surface area contributed by atoms with Gasteiger partial charge in [-0.05, 0) is 59.8 Å². The Morgan fingerprint density at radius 1 is 1.35 bits per heavy atom. The van der Waals surface area contributed by atoms with Crippen LogP contribution < -0.4 is 0 Å². The minimum absolute atomic E-state index is 0.00915. The molecule has 0 aliphatic heterocycles. The Labute approximate surface area is 131 Å². The van der Waals surface area contributed by atoms with Gasteiger partial charge in [0, 0.05) is 16.3 Å². The van der Waals surface area contributed by atoms with E-state index in [0.29, 0.717) is 18.7 Å². The number of hydrogen-bond donors (Lipinski definition) is 1. The minimum Gasteiger partial charge on any atom is -0.507 e. The van der Waals surface area contributed by atoms with Crippen molar-refractivity contribution in [3.8, 4) is 5.75 Å². The molecule has 1 aromatic heterocycles. The van der Waals surface area contributed by atoms with Crippen LogP contribution in [-0.4, -0.2) is 27.4 Å². The first kappa shape index (κ1) is 14.8. The molecule has 0 aliphatic carbocycles. The average molecular weight is 382 g/mol. The quantitative estimate of drug-likeness (QED) is 0.828. The highest BCUT2D eigenvalue weighted by atomic mass is 127. The molecule has 2 rings (SSSR count). The lowest BCUT2D eigenvalue weighted by atomic mass is 10.1. The Bertz CT molecular complexity index is 602. The van der Waals surface area contributed by atoms with Crippen LogP contribution in [0.3, 0.4) is 0 Å². The van der Waals surface area contributed by atoms with Gasteiger partial charge in [-0.15, -0.1) is 0 Å². The number of aromatic hydroxyl groups is 1. The summed E-state index contributed by atoms with van der Waals surface area (Å²) in [6.07, 6.45) is 1.70. The summed E-state index contributed by atoms with van der Waals surface area (Å²) in [5.74, 6) is -0.177. The van der Waals surface area contributed by atoms with Gasteiger partial charge in [0.25, 0.3) is 5.91 Å².